The molecule has 0 saturated carbocycles. The van der Waals surface area contributed by atoms with Gasteiger partial charge in [-0.1, -0.05) is 17.3 Å². The highest BCUT2D eigenvalue weighted by atomic mass is 19.1. The highest BCUT2D eigenvalue weighted by Gasteiger charge is 2.18. The van der Waals surface area contributed by atoms with Crippen LogP contribution in [0.15, 0.2) is 40.9 Å². The van der Waals surface area contributed by atoms with Crippen molar-refractivity contribution in [3.05, 3.63) is 42.2 Å². The number of rotatable bonds is 3. The molecule has 0 fully saturated rings. The summed E-state index contributed by atoms with van der Waals surface area (Å²) in [5.74, 6) is 0.709. The fourth-order valence-corrected chi connectivity index (χ4v) is 2.16. The molecule has 3 aromatic rings. The van der Waals surface area contributed by atoms with E-state index in [4.69, 9.17) is 14.0 Å². The third-order valence-electron chi connectivity index (χ3n) is 3.08. The first-order chi connectivity index (χ1) is 9.74. The SMILES string of the molecule is COc1ccc2c(-c3cccc(F)c3)noc2c1OC. The molecule has 0 saturated heterocycles. The Bertz CT molecular complexity index is 767. The third-order valence-corrected chi connectivity index (χ3v) is 3.08. The first kappa shape index (κ1) is 12.5. The zero-order valence-electron chi connectivity index (χ0n) is 11.0. The second-order valence-corrected chi connectivity index (χ2v) is 4.22. The predicted molar refractivity (Wildman–Crippen MR) is 72.5 cm³/mol. The largest absolute Gasteiger partial charge is 0.493 e. The van der Waals surface area contributed by atoms with Gasteiger partial charge in [0.1, 0.15) is 11.5 Å². The minimum atomic E-state index is -0.320. The van der Waals surface area contributed by atoms with E-state index >= 15 is 0 Å². The van der Waals surface area contributed by atoms with Crippen LogP contribution in [0.25, 0.3) is 22.2 Å². The molecule has 1 aromatic heterocycles. The first-order valence-electron chi connectivity index (χ1n) is 6.01. The normalized spacial score (nSPS) is 10.8. The Morgan fingerprint density at radius 3 is 2.65 bits per heavy atom. The topological polar surface area (TPSA) is 44.5 Å². The molecule has 0 aliphatic carbocycles. The van der Waals surface area contributed by atoms with E-state index in [9.17, 15) is 4.39 Å². The summed E-state index contributed by atoms with van der Waals surface area (Å²) in [6.07, 6.45) is 0. The molecule has 1 heterocycles. The van der Waals surface area contributed by atoms with E-state index in [-0.39, 0.29) is 5.82 Å². The Balaban J connectivity index is 2.24. The summed E-state index contributed by atoms with van der Waals surface area (Å²) >= 11 is 0. The van der Waals surface area contributed by atoms with Crippen LogP contribution in [-0.2, 0) is 0 Å². The van der Waals surface area contributed by atoms with Crippen molar-refractivity contribution in [1.82, 2.24) is 5.16 Å². The fourth-order valence-electron chi connectivity index (χ4n) is 2.16. The Kier molecular flexibility index (Phi) is 3.02. The van der Waals surface area contributed by atoms with Gasteiger partial charge in [0, 0.05) is 5.56 Å². The Labute approximate surface area is 114 Å². The average Bonchev–Trinajstić information content (AvgIpc) is 2.90. The molecular weight excluding hydrogens is 261 g/mol. The molecule has 3 rings (SSSR count). The van der Waals surface area contributed by atoms with Crippen LogP contribution in [-0.4, -0.2) is 19.4 Å². The maximum atomic E-state index is 13.3. The van der Waals surface area contributed by atoms with Crippen LogP contribution >= 0.6 is 0 Å². The van der Waals surface area contributed by atoms with Gasteiger partial charge in [0.25, 0.3) is 0 Å². The standard InChI is InChI=1S/C15H12FNO3/c1-18-12-7-6-11-13(9-4-3-5-10(16)8-9)17-20-14(11)15(12)19-2/h3-8H,1-2H3. The van der Waals surface area contributed by atoms with Gasteiger partial charge in [0.15, 0.2) is 5.75 Å². The highest BCUT2D eigenvalue weighted by Crippen LogP contribution is 2.39. The molecule has 5 heteroatoms. The van der Waals surface area contributed by atoms with Crippen LogP contribution in [0.3, 0.4) is 0 Å². The molecule has 0 N–H and O–H groups in total. The molecule has 0 atom stereocenters. The number of fused-ring (bicyclic) bond motifs is 1. The lowest BCUT2D eigenvalue weighted by Gasteiger charge is -2.06. The lowest BCUT2D eigenvalue weighted by molar-refractivity contribution is 0.348. The monoisotopic (exact) mass is 273 g/mol. The van der Waals surface area contributed by atoms with Crippen molar-refractivity contribution >= 4 is 11.0 Å². The summed E-state index contributed by atoms with van der Waals surface area (Å²) in [5, 5.41) is 4.76. The summed E-state index contributed by atoms with van der Waals surface area (Å²) in [4.78, 5) is 0. The molecule has 0 radical (unpaired) electrons. The Morgan fingerprint density at radius 1 is 1.10 bits per heavy atom. The summed E-state index contributed by atoms with van der Waals surface area (Å²) in [5.41, 5.74) is 1.70. The van der Waals surface area contributed by atoms with Gasteiger partial charge in [0.2, 0.25) is 11.3 Å². The van der Waals surface area contributed by atoms with E-state index in [1.807, 2.05) is 6.07 Å². The van der Waals surface area contributed by atoms with Crippen LogP contribution in [0.5, 0.6) is 11.5 Å². The van der Waals surface area contributed by atoms with Crippen LogP contribution in [0.2, 0.25) is 0 Å². The summed E-state index contributed by atoms with van der Waals surface area (Å²) < 4.78 is 29.1. The van der Waals surface area contributed by atoms with Gasteiger partial charge in [-0.25, -0.2) is 4.39 Å². The number of hydrogen-bond acceptors (Lipinski definition) is 4. The fraction of sp³-hybridized carbons (Fsp3) is 0.133. The highest BCUT2D eigenvalue weighted by molar-refractivity contribution is 5.96. The molecule has 102 valence electrons. The van der Waals surface area contributed by atoms with E-state index in [1.165, 1.54) is 19.2 Å². The van der Waals surface area contributed by atoms with E-state index in [1.54, 1.807) is 25.3 Å². The van der Waals surface area contributed by atoms with Crippen LogP contribution in [0.1, 0.15) is 0 Å². The quantitative estimate of drug-likeness (QED) is 0.730. The van der Waals surface area contributed by atoms with Gasteiger partial charge in [-0.3, -0.25) is 0 Å². The average molecular weight is 273 g/mol. The molecule has 4 nitrogen and oxygen atoms in total. The third kappa shape index (κ3) is 1.87. The molecule has 2 aromatic carbocycles. The molecule has 20 heavy (non-hydrogen) atoms. The molecule has 0 amide bonds. The Hall–Kier alpha value is -2.56. The van der Waals surface area contributed by atoms with Crippen molar-refractivity contribution in [1.29, 1.82) is 0 Å². The van der Waals surface area contributed by atoms with Crippen molar-refractivity contribution in [2.24, 2.45) is 0 Å². The number of nitrogens with zero attached hydrogens (tertiary/aromatic N) is 1. The maximum absolute atomic E-state index is 13.3. The molecular formula is C15H12FNO3. The van der Waals surface area contributed by atoms with Gasteiger partial charge in [-0.15, -0.1) is 0 Å². The number of ether oxygens (including phenoxy) is 2. The molecule has 0 bridgehead atoms. The van der Waals surface area contributed by atoms with Crippen LogP contribution < -0.4 is 9.47 Å². The minimum absolute atomic E-state index is 0.320. The van der Waals surface area contributed by atoms with E-state index in [2.05, 4.69) is 5.16 Å². The van der Waals surface area contributed by atoms with E-state index < -0.39 is 0 Å². The number of benzene rings is 2. The van der Waals surface area contributed by atoms with Crippen molar-refractivity contribution in [3.8, 4) is 22.8 Å². The summed E-state index contributed by atoms with van der Waals surface area (Å²) in [6, 6.07) is 9.78. The van der Waals surface area contributed by atoms with Gasteiger partial charge < -0.3 is 14.0 Å². The van der Waals surface area contributed by atoms with Crippen molar-refractivity contribution in [2.45, 2.75) is 0 Å². The van der Waals surface area contributed by atoms with E-state index in [0.29, 0.717) is 28.3 Å². The smallest absolute Gasteiger partial charge is 0.213 e. The van der Waals surface area contributed by atoms with Crippen LogP contribution in [0, 0.1) is 5.82 Å². The van der Waals surface area contributed by atoms with Gasteiger partial charge >= 0.3 is 0 Å². The lowest BCUT2D eigenvalue weighted by Crippen LogP contribution is -1.90. The molecule has 0 spiro atoms. The van der Waals surface area contributed by atoms with Gasteiger partial charge in [0.05, 0.1) is 19.6 Å². The van der Waals surface area contributed by atoms with Gasteiger partial charge in [-0.2, -0.15) is 0 Å². The summed E-state index contributed by atoms with van der Waals surface area (Å²) in [7, 11) is 3.08. The number of methoxy groups -OCH3 is 2. The molecule has 0 aliphatic rings. The number of halogens is 1. The second-order valence-electron chi connectivity index (χ2n) is 4.22. The molecule has 0 unspecified atom stereocenters. The number of hydrogen-bond donors (Lipinski definition) is 0. The zero-order chi connectivity index (χ0) is 14.1. The van der Waals surface area contributed by atoms with E-state index in [0.717, 1.165) is 5.39 Å². The van der Waals surface area contributed by atoms with Gasteiger partial charge in [-0.05, 0) is 24.3 Å². The lowest BCUT2D eigenvalue weighted by atomic mass is 10.1. The van der Waals surface area contributed by atoms with Crippen molar-refractivity contribution < 1.29 is 18.4 Å². The first-order valence-corrected chi connectivity index (χ1v) is 6.01. The van der Waals surface area contributed by atoms with Crippen LogP contribution in [0.4, 0.5) is 4.39 Å². The minimum Gasteiger partial charge on any atom is -0.493 e. The second kappa shape index (κ2) is 4.85. The maximum Gasteiger partial charge on any atom is 0.213 e. The molecule has 0 aliphatic heterocycles. The predicted octanol–water partition coefficient (Wildman–Crippen LogP) is 3.65. The van der Waals surface area contributed by atoms with Crippen molar-refractivity contribution in [2.75, 3.05) is 14.2 Å². The van der Waals surface area contributed by atoms with Crippen molar-refractivity contribution in [3.63, 3.8) is 0 Å². The Morgan fingerprint density at radius 2 is 1.95 bits per heavy atom. The summed E-state index contributed by atoms with van der Waals surface area (Å²) in [6.45, 7) is 0. The number of aromatic nitrogens is 1. The zero-order valence-corrected chi connectivity index (χ0v) is 11.0.